The highest BCUT2D eigenvalue weighted by atomic mass is 32.2. The van der Waals surface area contributed by atoms with Gasteiger partial charge in [-0.1, -0.05) is 0 Å². The number of benzene rings is 2. The summed E-state index contributed by atoms with van der Waals surface area (Å²) in [6, 6.07) is 10.1. The molecule has 1 fully saturated rings. The second-order valence-electron chi connectivity index (χ2n) is 8.26. The molecule has 0 unspecified atom stereocenters. The Kier molecular flexibility index (Phi) is 6.31. The van der Waals surface area contributed by atoms with Gasteiger partial charge in [0, 0.05) is 30.8 Å². The average Bonchev–Trinajstić information content (AvgIpc) is 2.80. The number of sulfonamides is 1. The van der Waals surface area contributed by atoms with E-state index in [2.05, 4.69) is 10.6 Å². The van der Waals surface area contributed by atoms with Crippen LogP contribution in [0.5, 0.6) is 11.5 Å². The molecular weight excluding hydrogens is 446 g/mol. The monoisotopic (exact) mass is 473 g/mol. The number of hydrogen-bond donors (Lipinski definition) is 2. The predicted octanol–water partition coefficient (Wildman–Crippen LogP) is 2.76. The highest BCUT2D eigenvalue weighted by Gasteiger charge is 2.34. The molecule has 0 aliphatic carbocycles. The molecule has 0 saturated carbocycles. The van der Waals surface area contributed by atoms with Crippen molar-refractivity contribution in [1.82, 2.24) is 4.31 Å². The third-order valence-corrected chi connectivity index (χ3v) is 8.05. The molecule has 2 heterocycles. The molecule has 4 rings (SSSR count). The first-order valence-corrected chi connectivity index (χ1v) is 12.2. The Bertz CT molecular complexity index is 1170. The van der Waals surface area contributed by atoms with Crippen molar-refractivity contribution < 1.29 is 27.5 Å². The van der Waals surface area contributed by atoms with Crippen LogP contribution in [0.15, 0.2) is 41.3 Å². The Hall–Kier alpha value is -3.11. The zero-order valence-electron chi connectivity index (χ0n) is 18.8. The van der Waals surface area contributed by atoms with E-state index in [0.29, 0.717) is 41.3 Å². The van der Waals surface area contributed by atoms with E-state index in [4.69, 9.17) is 9.47 Å². The molecule has 2 amide bonds. The van der Waals surface area contributed by atoms with Crippen LogP contribution in [0.1, 0.15) is 25.3 Å². The summed E-state index contributed by atoms with van der Waals surface area (Å²) in [5.41, 5.74) is 1.65. The van der Waals surface area contributed by atoms with Gasteiger partial charge in [-0.05, 0) is 62.6 Å². The maximum absolute atomic E-state index is 13.3. The number of methoxy groups -OCH3 is 1. The van der Waals surface area contributed by atoms with Crippen molar-refractivity contribution in [3.05, 3.63) is 42.0 Å². The van der Waals surface area contributed by atoms with E-state index >= 15 is 0 Å². The van der Waals surface area contributed by atoms with Crippen LogP contribution in [0.4, 0.5) is 11.4 Å². The van der Waals surface area contributed by atoms with E-state index in [9.17, 15) is 18.0 Å². The lowest BCUT2D eigenvalue weighted by atomic mass is 9.97. The topological polar surface area (TPSA) is 114 Å². The third-order valence-electron chi connectivity index (χ3n) is 6.01. The molecule has 2 aliphatic rings. The number of piperidine rings is 1. The molecule has 1 atom stereocenters. The van der Waals surface area contributed by atoms with E-state index in [1.165, 1.54) is 10.4 Å². The molecule has 2 N–H and O–H groups in total. The molecule has 2 aromatic carbocycles. The lowest BCUT2D eigenvalue weighted by Gasteiger charge is -2.31. The van der Waals surface area contributed by atoms with Crippen LogP contribution in [0.2, 0.25) is 0 Å². The van der Waals surface area contributed by atoms with E-state index < -0.39 is 16.1 Å². The summed E-state index contributed by atoms with van der Waals surface area (Å²) in [5, 5.41) is 5.62. The Balaban J connectivity index is 1.43. The van der Waals surface area contributed by atoms with Crippen LogP contribution in [0, 0.1) is 12.8 Å². The first-order chi connectivity index (χ1) is 15.7. The molecule has 0 aromatic heterocycles. The average molecular weight is 474 g/mol. The largest absolute Gasteiger partial charge is 0.497 e. The standard InChI is InChI=1S/C23H27N3O6S/c1-14-12-19-20(32-15(2)22(27)25-19)13-21(14)33(29,30)26-10-8-16(9-11-26)23(28)24-17-4-6-18(31-3)7-5-17/h4-7,12-13,15-16H,8-11H2,1-3H3,(H,24,28)(H,25,27)/t15-/m1/s1. The van der Waals surface area contributed by atoms with Gasteiger partial charge in [-0.3, -0.25) is 9.59 Å². The van der Waals surface area contributed by atoms with Crippen LogP contribution in [-0.4, -0.2) is 50.8 Å². The zero-order chi connectivity index (χ0) is 23.8. The number of nitrogens with zero attached hydrogens (tertiary/aromatic N) is 1. The highest BCUT2D eigenvalue weighted by molar-refractivity contribution is 7.89. The molecule has 33 heavy (non-hydrogen) atoms. The molecule has 1 saturated heterocycles. The van der Waals surface area contributed by atoms with Crippen LogP contribution >= 0.6 is 0 Å². The van der Waals surface area contributed by atoms with Crippen LogP contribution in [0.3, 0.4) is 0 Å². The normalized spacial score (nSPS) is 19.2. The Labute approximate surface area is 193 Å². The first kappa shape index (κ1) is 23.1. The quantitative estimate of drug-likeness (QED) is 0.690. The zero-order valence-corrected chi connectivity index (χ0v) is 19.6. The second kappa shape index (κ2) is 9.03. The fourth-order valence-corrected chi connectivity index (χ4v) is 5.73. The van der Waals surface area contributed by atoms with Gasteiger partial charge in [0.15, 0.2) is 6.10 Å². The van der Waals surface area contributed by atoms with Crippen LogP contribution < -0.4 is 20.1 Å². The summed E-state index contributed by atoms with van der Waals surface area (Å²) in [6.45, 7) is 3.78. The second-order valence-corrected chi connectivity index (χ2v) is 10.2. The molecule has 2 aromatic rings. The number of carbonyl (C=O) groups excluding carboxylic acids is 2. The number of fused-ring (bicyclic) bond motifs is 1. The Morgan fingerprint density at radius 3 is 2.48 bits per heavy atom. The molecule has 9 nitrogen and oxygen atoms in total. The van der Waals surface area contributed by atoms with E-state index in [-0.39, 0.29) is 35.7 Å². The van der Waals surface area contributed by atoms with E-state index in [0.717, 1.165) is 0 Å². The van der Waals surface area contributed by atoms with Gasteiger partial charge < -0.3 is 20.1 Å². The number of anilines is 2. The Morgan fingerprint density at radius 1 is 1.18 bits per heavy atom. The van der Waals surface area contributed by atoms with Crippen molar-refractivity contribution in [1.29, 1.82) is 0 Å². The van der Waals surface area contributed by atoms with E-state index in [1.54, 1.807) is 51.3 Å². The fraction of sp³-hybridized carbons (Fsp3) is 0.391. The molecular formula is C23H27N3O6S. The predicted molar refractivity (Wildman–Crippen MR) is 123 cm³/mol. The smallest absolute Gasteiger partial charge is 0.265 e. The summed E-state index contributed by atoms with van der Waals surface area (Å²) in [4.78, 5) is 24.6. The summed E-state index contributed by atoms with van der Waals surface area (Å²) in [5.74, 6) is 0.363. The highest BCUT2D eigenvalue weighted by Crippen LogP contribution is 2.36. The summed E-state index contributed by atoms with van der Waals surface area (Å²) in [6.07, 6.45) is 0.152. The number of nitrogens with one attached hydrogen (secondary N) is 2. The molecule has 10 heteroatoms. The lowest BCUT2D eigenvalue weighted by Crippen LogP contribution is -2.41. The number of carbonyl (C=O) groups is 2. The van der Waals surface area contributed by atoms with Crippen molar-refractivity contribution in [3.8, 4) is 11.5 Å². The third kappa shape index (κ3) is 4.67. The van der Waals surface area contributed by atoms with Crippen molar-refractivity contribution in [3.63, 3.8) is 0 Å². The van der Waals surface area contributed by atoms with Gasteiger partial charge in [0.05, 0.1) is 17.7 Å². The molecule has 176 valence electrons. The summed E-state index contributed by atoms with van der Waals surface area (Å²) >= 11 is 0. The molecule has 0 bridgehead atoms. The minimum Gasteiger partial charge on any atom is -0.497 e. The first-order valence-electron chi connectivity index (χ1n) is 10.8. The van der Waals surface area contributed by atoms with Crippen molar-refractivity contribution in [2.45, 2.75) is 37.7 Å². The minimum absolute atomic E-state index is 0.125. The van der Waals surface area contributed by atoms with Gasteiger partial charge >= 0.3 is 0 Å². The van der Waals surface area contributed by atoms with Gasteiger partial charge in [0.25, 0.3) is 5.91 Å². The number of amides is 2. The maximum atomic E-state index is 13.3. The molecule has 0 spiro atoms. The Morgan fingerprint density at radius 2 is 1.85 bits per heavy atom. The van der Waals surface area contributed by atoms with Gasteiger partial charge in [-0.25, -0.2) is 8.42 Å². The van der Waals surface area contributed by atoms with Gasteiger partial charge in [0.2, 0.25) is 15.9 Å². The maximum Gasteiger partial charge on any atom is 0.265 e. The summed E-state index contributed by atoms with van der Waals surface area (Å²) < 4.78 is 38.8. The van der Waals surface area contributed by atoms with Gasteiger partial charge in [-0.2, -0.15) is 4.31 Å². The fourth-order valence-electron chi connectivity index (χ4n) is 4.04. The number of hydrogen-bond acceptors (Lipinski definition) is 6. The van der Waals surface area contributed by atoms with Crippen molar-refractivity contribution >= 4 is 33.2 Å². The lowest BCUT2D eigenvalue weighted by molar-refractivity contribution is -0.123. The number of rotatable bonds is 5. The van der Waals surface area contributed by atoms with E-state index in [1.807, 2.05) is 0 Å². The molecule has 0 radical (unpaired) electrons. The number of ether oxygens (including phenoxy) is 2. The van der Waals surface area contributed by atoms with Crippen LogP contribution in [0.25, 0.3) is 0 Å². The van der Waals surface area contributed by atoms with Crippen molar-refractivity contribution in [2.75, 3.05) is 30.8 Å². The van der Waals surface area contributed by atoms with Gasteiger partial charge in [-0.15, -0.1) is 0 Å². The van der Waals surface area contributed by atoms with Gasteiger partial charge in [0.1, 0.15) is 11.5 Å². The number of aryl methyl sites for hydroxylation is 1. The summed E-state index contributed by atoms with van der Waals surface area (Å²) in [7, 11) is -2.20. The SMILES string of the molecule is COc1ccc(NC(=O)C2CCN(S(=O)(=O)c3cc4c(cc3C)NC(=O)[C@@H](C)O4)CC2)cc1. The molecule has 2 aliphatic heterocycles. The van der Waals surface area contributed by atoms with Crippen LogP contribution in [-0.2, 0) is 19.6 Å². The van der Waals surface area contributed by atoms with Crippen molar-refractivity contribution in [2.24, 2.45) is 5.92 Å². The minimum atomic E-state index is -3.78.